The number of hydrogen-bond acceptors (Lipinski definition) is 3. The second-order valence-corrected chi connectivity index (χ2v) is 3.56. The highest BCUT2D eigenvalue weighted by Gasteiger charge is 2.40. The van der Waals surface area contributed by atoms with Crippen LogP contribution in [0.1, 0.15) is 27.2 Å². The zero-order valence-corrected chi connectivity index (χ0v) is 8.04. The van der Waals surface area contributed by atoms with Gasteiger partial charge >= 0.3 is 0 Å². The van der Waals surface area contributed by atoms with Crippen molar-refractivity contribution in [2.75, 3.05) is 13.2 Å². The van der Waals surface area contributed by atoms with Crippen molar-refractivity contribution < 1.29 is 14.6 Å². The Kier molecular flexibility index (Phi) is 3.09. The van der Waals surface area contributed by atoms with Gasteiger partial charge in [-0.2, -0.15) is 0 Å². The maximum Gasteiger partial charge on any atom is 0.168 e. The molecule has 72 valence electrons. The minimum absolute atomic E-state index is 0.0476. The molecule has 1 N–H and O–H groups in total. The van der Waals surface area contributed by atoms with E-state index < -0.39 is 5.79 Å². The predicted octanol–water partition coefficient (Wildman–Crippen LogP) is 1.16. The molecule has 0 aliphatic carbocycles. The molecule has 1 heterocycles. The number of ether oxygens (including phenoxy) is 2. The lowest BCUT2D eigenvalue weighted by Crippen LogP contribution is -2.34. The number of rotatable bonds is 3. The minimum atomic E-state index is -0.484. The van der Waals surface area contributed by atoms with Crippen molar-refractivity contribution in [3.8, 4) is 0 Å². The highest BCUT2D eigenvalue weighted by atomic mass is 16.7. The van der Waals surface area contributed by atoms with Gasteiger partial charge in [-0.15, -0.1) is 0 Å². The zero-order valence-electron chi connectivity index (χ0n) is 8.04. The SMILES string of the molecule is CCC(C)C1(C)OCC(CO)O1. The normalized spacial score (nSPS) is 38.5. The Morgan fingerprint density at radius 3 is 2.75 bits per heavy atom. The third kappa shape index (κ3) is 1.79. The number of aliphatic hydroxyl groups excluding tert-OH is 1. The molecular formula is C9H18O3. The fraction of sp³-hybridized carbons (Fsp3) is 1.00. The van der Waals surface area contributed by atoms with Crippen LogP contribution in [0.2, 0.25) is 0 Å². The summed E-state index contributed by atoms with van der Waals surface area (Å²) in [4.78, 5) is 0. The molecule has 3 atom stereocenters. The van der Waals surface area contributed by atoms with Gasteiger partial charge in [-0.3, -0.25) is 0 Å². The van der Waals surface area contributed by atoms with Crippen molar-refractivity contribution in [2.45, 2.75) is 39.1 Å². The van der Waals surface area contributed by atoms with E-state index in [4.69, 9.17) is 14.6 Å². The molecule has 12 heavy (non-hydrogen) atoms. The van der Waals surface area contributed by atoms with E-state index in [0.717, 1.165) is 6.42 Å². The van der Waals surface area contributed by atoms with E-state index in [9.17, 15) is 0 Å². The molecular weight excluding hydrogens is 156 g/mol. The molecule has 0 amide bonds. The second kappa shape index (κ2) is 3.73. The van der Waals surface area contributed by atoms with Gasteiger partial charge in [0.05, 0.1) is 13.2 Å². The Morgan fingerprint density at radius 1 is 1.67 bits per heavy atom. The summed E-state index contributed by atoms with van der Waals surface area (Å²) < 4.78 is 11.1. The van der Waals surface area contributed by atoms with Gasteiger partial charge in [-0.05, 0) is 13.3 Å². The Hall–Kier alpha value is -0.120. The average Bonchev–Trinajstić information content (AvgIpc) is 2.47. The first-order valence-corrected chi connectivity index (χ1v) is 4.55. The molecule has 1 fully saturated rings. The number of hydrogen-bond donors (Lipinski definition) is 1. The first kappa shape index (κ1) is 9.96. The average molecular weight is 174 g/mol. The quantitative estimate of drug-likeness (QED) is 0.697. The van der Waals surface area contributed by atoms with E-state index in [2.05, 4.69) is 13.8 Å². The first-order chi connectivity index (χ1) is 5.62. The van der Waals surface area contributed by atoms with Gasteiger partial charge < -0.3 is 14.6 Å². The van der Waals surface area contributed by atoms with Crippen LogP contribution in [-0.2, 0) is 9.47 Å². The fourth-order valence-electron chi connectivity index (χ4n) is 1.38. The summed E-state index contributed by atoms with van der Waals surface area (Å²) in [6.45, 7) is 6.70. The molecule has 3 nitrogen and oxygen atoms in total. The van der Waals surface area contributed by atoms with Crippen molar-refractivity contribution in [3.05, 3.63) is 0 Å². The van der Waals surface area contributed by atoms with E-state index in [0.29, 0.717) is 12.5 Å². The van der Waals surface area contributed by atoms with Crippen LogP contribution < -0.4 is 0 Å². The Morgan fingerprint density at radius 2 is 2.33 bits per heavy atom. The van der Waals surface area contributed by atoms with Crippen LogP contribution >= 0.6 is 0 Å². The van der Waals surface area contributed by atoms with Gasteiger partial charge in [-0.25, -0.2) is 0 Å². The topological polar surface area (TPSA) is 38.7 Å². The molecule has 0 aromatic carbocycles. The molecule has 0 bridgehead atoms. The van der Waals surface area contributed by atoms with E-state index in [1.165, 1.54) is 0 Å². The minimum Gasteiger partial charge on any atom is -0.394 e. The summed E-state index contributed by atoms with van der Waals surface area (Å²) in [6.07, 6.45) is 0.887. The highest BCUT2D eigenvalue weighted by molar-refractivity contribution is 4.78. The van der Waals surface area contributed by atoms with Gasteiger partial charge in [0.1, 0.15) is 6.10 Å². The molecule has 1 aliphatic rings. The van der Waals surface area contributed by atoms with Crippen molar-refractivity contribution in [2.24, 2.45) is 5.92 Å². The van der Waals surface area contributed by atoms with Crippen LogP contribution in [-0.4, -0.2) is 30.2 Å². The summed E-state index contributed by atoms with van der Waals surface area (Å²) in [6, 6.07) is 0. The lowest BCUT2D eigenvalue weighted by Gasteiger charge is -2.29. The molecule has 0 spiro atoms. The van der Waals surface area contributed by atoms with Crippen molar-refractivity contribution in [3.63, 3.8) is 0 Å². The zero-order chi connectivity index (χ0) is 9.19. The largest absolute Gasteiger partial charge is 0.394 e. The molecule has 1 saturated heterocycles. The summed E-state index contributed by atoms with van der Waals surface area (Å²) in [5.74, 6) is -0.114. The van der Waals surface area contributed by atoms with Crippen molar-refractivity contribution in [1.82, 2.24) is 0 Å². The Labute approximate surface area is 73.7 Å². The van der Waals surface area contributed by atoms with Gasteiger partial charge in [0.2, 0.25) is 0 Å². The van der Waals surface area contributed by atoms with E-state index >= 15 is 0 Å². The Bertz CT molecular complexity index is 149. The van der Waals surface area contributed by atoms with Gasteiger partial charge in [0.25, 0.3) is 0 Å². The van der Waals surface area contributed by atoms with Crippen molar-refractivity contribution in [1.29, 1.82) is 0 Å². The summed E-state index contributed by atoms with van der Waals surface area (Å²) in [5, 5.41) is 8.85. The molecule has 3 heteroatoms. The molecule has 0 aromatic heterocycles. The molecule has 0 radical (unpaired) electrons. The fourth-order valence-corrected chi connectivity index (χ4v) is 1.38. The van der Waals surface area contributed by atoms with Crippen molar-refractivity contribution >= 4 is 0 Å². The number of aliphatic hydroxyl groups is 1. The molecule has 3 unspecified atom stereocenters. The summed E-state index contributed by atoms with van der Waals surface area (Å²) in [5.41, 5.74) is 0. The van der Waals surface area contributed by atoms with E-state index in [-0.39, 0.29) is 12.7 Å². The smallest absolute Gasteiger partial charge is 0.168 e. The molecule has 1 aliphatic heterocycles. The molecule has 0 aromatic rings. The molecule has 0 saturated carbocycles. The summed E-state index contributed by atoms with van der Waals surface area (Å²) >= 11 is 0. The van der Waals surface area contributed by atoms with Gasteiger partial charge in [0.15, 0.2) is 5.79 Å². The second-order valence-electron chi connectivity index (χ2n) is 3.56. The lowest BCUT2D eigenvalue weighted by atomic mass is 10.00. The predicted molar refractivity (Wildman–Crippen MR) is 45.8 cm³/mol. The monoisotopic (exact) mass is 174 g/mol. The van der Waals surface area contributed by atoms with E-state index in [1.807, 2.05) is 6.92 Å². The van der Waals surface area contributed by atoms with Crippen LogP contribution in [0.5, 0.6) is 0 Å². The van der Waals surface area contributed by atoms with Gasteiger partial charge in [0, 0.05) is 5.92 Å². The van der Waals surface area contributed by atoms with Crippen LogP contribution in [0.3, 0.4) is 0 Å². The maximum absolute atomic E-state index is 8.85. The molecule has 1 rings (SSSR count). The van der Waals surface area contributed by atoms with Gasteiger partial charge in [-0.1, -0.05) is 13.8 Å². The summed E-state index contributed by atoms with van der Waals surface area (Å²) in [7, 11) is 0. The standard InChI is InChI=1S/C9H18O3/c1-4-7(2)9(3)11-6-8(5-10)12-9/h7-8,10H,4-6H2,1-3H3. The van der Waals surface area contributed by atoms with Crippen LogP contribution in [0.4, 0.5) is 0 Å². The van der Waals surface area contributed by atoms with E-state index in [1.54, 1.807) is 0 Å². The third-order valence-electron chi connectivity index (χ3n) is 2.67. The lowest BCUT2D eigenvalue weighted by molar-refractivity contribution is -0.190. The maximum atomic E-state index is 8.85. The third-order valence-corrected chi connectivity index (χ3v) is 2.67. The van der Waals surface area contributed by atoms with Crippen LogP contribution in [0, 0.1) is 5.92 Å². The Balaban J connectivity index is 2.51. The highest BCUT2D eigenvalue weighted by Crippen LogP contribution is 2.32. The van der Waals surface area contributed by atoms with Crippen LogP contribution in [0.15, 0.2) is 0 Å². The first-order valence-electron chi connectivity index (χ1n) is 4.55. The van der Waals surface area contributed by atoms with Crippen LogP contribution in [0.25, 0.3) is 0 Å².